The van der Waals surface area contributed by atoms with Gasteiger partial charge >= 0.3 is 5.97 Å². The molecule has 1 aliphatic heterocycles. The van der Waals surface area contributed by atoms with Crippen LogP contribution in [0.25, 0.3) is 0 Å². The molecule has 2 aromatic carbocycles. The second-order valence-electron chi connectivity index (χ2n) is 7.92. The standard InChI is InChI=1S/C26H27NO4/c1-4-31-20-12-10-18(11-13-20)24-23(26(29)30-3)16(2)27-21-14-19(15-22(28)25(21)24)17-8-6-5-7-9-17/h5-13,19,24,27H,4,14-15H2,1-3H3/t19-,24-/m1/s1. The molecular weight excluding hydrogens is 390 g/mol. The van der Waals surface area contributed by atoms with Crippen molar-refractivity contribution in [2.75, 3.05) is 13.7 Å². The van der Waals surface area contributed by atoms with Gasteiger partial charge in [0, 0.05) is 29.3 Å². The van der Waals surface area contributed by atoms with Crippen molar-refractivity contribution in [1.82, 2.24) is 5.32 Å². The molecule has 0 radical (unpaired) electrons. The smallest absolute Gasteiger partial charge is 0.336 e. The van der Waals surface area contributed by atoms with Crippen molar-refractivity contribution >= 4 is 11.8 Å². The number of ketones is 1. The number of Topliss-reactive ketones (excluding diaryl/α,β-unsaturated/α-hetero) is 1. The Morgan fingerprint density at radius 2 is 1.74 bits per heavy atom. The van der Waals surface area contributed by atoms with E-state index in [4.69, 9.17) is 9.47 Å². The monoisotopic (exact) mass is 417 g/mol. The summed E-state index contributed by atoms with van der Waals surface area (Å²) < 4.78 is 10.6. The lowest BCUT2D eigenvalue weighted by Gasteiger charge is -2.36. The highest BCUT2D eigenvalue weighted by Gasteiger charge is 2.41. The fourth-order valence-electron chi connectivity index (χ4n) is 4.64. The molecule has 2 atom stereocenters. The van der Waals surface area contributed by atoms with Crippen molar-refractivity contribution in [3.63, 3.8) is 0 Å². The number of ether oxygens (including phenoxy) is 2. The molecule has 0 unspecified atom stereocenters. The minimum atomic E-state index is -0.455. The van der Waals surface area contributed by atoms with E-state index in [0.717, 1.165) is 34.7 Å². The van der Waals surface area contributed by atoms with Crippen LogP contribution < -0.4 is 10.1 Å². The Balaban J connectivity index is 1.78. The summed E-state index contributed by atoms with van der Waals surface area (Å²) >= 11 is 0. The largest absolute Gasteiger partial charge is 0.494 e. The third kappa shape index (κ3) is 4.00. The fraction of sp³-hybridized carbons (Fsp3) is 0.308. The quantitative estimate of drug-likeness (QED) is 0.719. The normalized spacial score (nSPS) is 20.8. The second kappa shape index (κ2) is 8.80. The average molecular weight is 418 g/mol. The van der Waals surface area contributed by atoms with Gasteiger partial charge in [0.05, 0.1) is 19.3 Å². The number of hydrogen-bond acceptors (Lipinski definition) is 5. The van der Waals surface area contributed by atoms with Gasteiger partial charge in [-0.05, 0) is 49.4 Å². The Bertz CT molecular complexity index is 1050. The molecule has 0 amide bonds. The number of esters is 1. The molecule has 2 aromatic rings. The number of rotatable bonds is 5. The van der Waals surface area contributed by atoms with Crippen LogP contribution in [0.1, 0.15) is 49.7 Å². The number of allylic oxidation sites excluding steroid dienone is 3. The van der Waals surface area contributed by atoms with Gasteiger partial charge in [-0.1, -0.05) is 42.5 Å². The van der Waals surface area contributed by atoms with E-state index in [9.17, 15) is 9.59 Å². The van der Waals surface area contributed by atoms with Gasteiger partial charge in [0.25, 0.3) is 0 Å². The van der Waals surface area contributed by atoms with E-state index >= 15 is 0 Å². The van der Waals surface area contributed by atoms with Crippen LogP contribution in [0.2, 0.25) is 0 Å². The van der Waals surface area contributed by atoms with Crippen LogP contribution in [-0.4, -0.2) is 25.5 Å². The zero-order valence-electron chi connectivity index (χ0n) is 18.1. The average Bonchev–Trinajstić information content (AvgIpc) is 2.79. The van der Waals surface area contributed by atoms with Crippen LogP contribution in [-0.2, 0) is 14.3 Å². The molecule has 4 rings (SSSR count). The van der Waals surface area contributed by atoms with E-state index in [2.05, 4.69) is 17.4 Å². The van der Waals surface area contributed by atoms with Gasteiger partial charge in [0.2, 0.25) is 0 Å². The highest BCUT2D eigenvalue weighted by atomic mass is 16.5. The number of dihydropyridines is 1. The number of hydrogen-bond donors (Lipinski definition) is 1. The molecular formula is C26H27NO4. The van der Waals surface area contributed by atoms with E-state index in [1.165, 1.54) is 7.11 Å². The van der Waals surface area contributed by atoms with Gasteiger partial charge in [-0.3, -0.25) is 4.79 Å². The minimum Gasteiger partial charge on any atom is -0.494 e. The molecule has 0 saturated heterocycles. The van der Waals surface area contributed by atoms with Gasteiger partial charge in [0.1, 0.15) is 5.75 Å². The number of benzene rings is 2. The molecule has 0 saturated carbocycles. The number of carbonyl (C=O) groups excluding carboxylic acids is 2. The molecule has 0 spiro atoms. The maximum absolute atomic E-state index is 13.4. The summed E-state index contributed by atoms with van der Waals surface area (Å²) in [5.41, 5.74) is 4.81. The lowest BCUT2D eigenvalue weighted by atomic mass is 9.72. The van der Waals surface area contributed by atoms with Crippen LogP contribution >= 0.6 is 0 Å². The van der Waals surface area contributed by atoms with E-state index in [0.29, 0.717) is 24.2 Å². The predicted octanol–water partition coefficient (Wildman–Crippen LogP) is 4.62. The minimum absolute atomic E-state index is 0.0652. The summed E-state index contributed by atoms with van der Waals surface area (Å²) in [5.74, 6) is 0.0645. The van der Waals surface area contributed by atoms with Gasteiger partial charge in [-0.2, -0.15) is 0 Å². The first kappa shape index (κ1) is 20.9. The van der Waals surface area contributed by atoms with Gasteiger partial charge in [0.15, 0.2) is 5.78 Å². The van der Waals surface area contributed by atoms with Gasteiger partial charge in [-0.25, -0.2) is 4.79 Å². The highest BCUT2D eigenvalue weighted by molar-refractivity contribution is 6.04. The third-order valence-electron chi connectivity index (χ3n) is 6.03. The Morgan fingerprint density at radius 3 is 2.39 bits per heavy atom. The zero-order valence-corrected chi connectivity index (χ0v) is 18.1. The maximum atomic E-state index is 13.4. The Morgan fingerprint density at radius 1 is 1.03 bits per heavy atom. The van der Waals surface area contributed by atoms with Crippen LogP contribution in [0.15, 0.2) is 77.1 Å². The van der Waals surface area contributed by atoms with Gasteiger partial charge < -0.3 is 14.8 Å². The summed E-state index contributed by atoms with van der Waals surface area (Å²) in [6, 6.07) is 17.7. The highest BCUT2D eigenvalue weighted by Crippen LogP contribution is 2.45. The molecule has 31 heavy (non-hydrogen) atoms. The molecule has 1 N–H and O–H groups in total. The molecule has 160 valence electrons. The van der Waals surface area contributed by atoms with Crippen molar-refractivity contribution < 1.29 is 19.1 Å². The lowest BCUT2D eigenvalue weighted by Crippen LogP contribution is -2.36. The Labute approximate surface area is 182 Å². The summed E-state index contributed by atoms with van der Waals surface area (Å²) in [6.45, 7) is 4.38. The Hall–Kier alpha value is -3.34. The lowest BCUT2D eigenvalue weighted by molar-refractivity contribution is -0.136. The number of methoxy groups -OCH3 is 1. The summed E-state index contributed by atoms with van der Waals surface area (Å²) in [6.07, 6.45) is 1.15. The van der Waals surface area contributed by atoms with Gasteiger partial charge in [-0.15, -0.1) is 0 Å². The summed E-state index contributed by atoms with van der Waals surface area (Å²) in [5, 5.41) is 3.36. The Kier molecular flexibility index (Phi) is 5.94. The number of nitrogens with one attached hydrogen (secondary N) is 1. The van der Waals surface area contributed by atoms with Crippen LogP contribution in [0, 0.1) is 0 Å². The number of carbonyl (C=O) groups is 2. The molecule has 0 bridgehead atoms. The van der Waals surface area contributed by atoms with E-state index in [-0.39, 0.29) is 11.7 Å². The first-order valence-electron chi connectivity index (χ1n) is 10.6. The van der Waals surface area contributed by atoms with Crippen molar-refractivity contribution in [3.8, 4) is 5.75 Å². The van der Waals surface area contributed by atoms with Crippen LogP contribution in [0.5, 0.6) is 5.75 Å². The summed E-state index contributed by atoms with van der Waals surface area (Å²) in [4.78, 5) is 26.2. The third-order valence-corrected chi connectivity index (χ3v) is 6.03. The van der Waals surface area contributed by atoms with E-state index < -0.39 is 11.9 Å². The first-order valence-corrected chi connectivity index (χ1v) is 10.6. The van der Waals surface area contributed by atoms with E-state index in [1.54, 1.807) is 0 Å². The molecule has 0 fully saturated rings. The molecule has 2 aliphatic rings. The van der Waals surface area contributed by atoms with Crippen molar-refractivity contribution in [1.29, 1.82) is 0 Å². The maximum Gasteiger partial charge on any atom is 0.336 e. The van der Waals surface area contributed by atoms with Crippen molar-refractivity contribution in [3.05, 3.63) is 88.3 Å². The molecule has 5 heteroatoms. The predicted molar refractivity (Wildman–Crippen MR) is 119 cm³/mol. The van der Waals surface area contributed by atoms with Crippen LogP contribution in [0.4, 0.5) is 0 Å². The summed E-state index contributed by atoms with van der Waals surface area (Å²) in [7, 11) is 1.37. The second-order valence-corrected chi connectivity index (χ2v) is 7.92. The van der Waals surface area contributed by atoms with Crippen molar-refractivity contribution in [2.45, 2.75) is 38.5 Å². The fourth-order valence-corrected chi connectivity index (χ4v) is 4.64. The first-order chi connectivity index (χ1) is 15.0. The van der Waals surface area contributed by atoms with E-state index in [1.807, 2.05) is 56.3 Å². The SMILES string of the molecule is CCOc1ccc([C@@H]2C(C(=O)OC)=C(C)NC3=C2C(=O)C[C@H](c2ccccc2)C3)cc1. The topological polar surface area (TPSA) is 64.6 Å². The molecule has 0 aromatic heterocycles. The molecule has 1 heterocycles. The van der Waals surface area contributed by atoms with Crippen molar-refractivity contribution in [2.24, 2.45) is 0 Å². The molecule has 1 aliphatic carbocycles. The van der Waals surface area contributed by atoms with Crippen LogP contribution in [0.3, 0.4) is 0 Å². The zero-order chi connectivity index (χ0) is 22.0. The molecule has 5 nitrogen and oxygen atoms in total.